The third-order valence-electron chi connectivity index (χ3n) is 5.40. The standard InChI is InChI=1S/C20H31N3O2/c1-14-11-23(12-15(2)25-14)13-16-6-8-17(9-7-16)20(24)22-19-5-3-4-18(19)10-21/h6-9,14-15,18-19H,3-5,10-13,21H2,1-2H3,(H,22,24). The van der Waals surface area contributed by atoms with E-state index in [-0.39, 0.29) is 24.2 Å². The minimum Gasteiger partial charge on any atom is -0.373 e. The number of amides is 1. The van der Waals surface area contributed by atoms with Crippen molar-refractivity contribution in [1.82, 2.24) is 10.2 Å². The molecule has 3 N–H and O–H groups in total. The molecule has 5 nitrogen and oxygen atoms in total. The van der Waals surface area contributed by atoms with Crippen molar-refractivity contribution in [2.24, 2.45) is 11.7 Å². The summed E-state index contributed by atoms with van der Waals surface area (Å²) in [6.07, 6.45) is 3.87. The van der Waals surface area contributed by atoms with E-state index in [2.05, 4.69) is 36.2 Å². The largest absolute Gasteiger partial charge is 0.373 e. The fourth-order valence-electron chi connectivity index (χ4n) is 4.19. The maximum Gasteiger partial charge on any atom is 0.251 e. The summed E-state index contributed by atoms with van der Waals surface area (Å²) in [5.41, 5.74) is 7.77. The molecule has 4 unspecified atom stereocenters. The Hall–Kier alpha value is -1.43. The zero-order valence-electron chi connectivity index (χ0n) is 15.4. The molecule has 25 heavy (non-hydrogen) atoms. The van der Waals surface area contributed by atoms with Gasteiger partial charge in [0.15, 0.2) is 0 Å². The maximum atomic E-state index is 12.5. The van der Waals surface area contributed by atoms with Crippen LogP contribution in [0.2, 0.25) is 0 Å². The monoisotopic (exact) mass is 345 g/mol. The van der Waals surface area contributed by atoms with E-state index in [4.69, 9.17) is 10.5 Å². The molecular formula is C20H31N3O2. The summed E-state index contributed by atoms with van der Waals surface area (Å²) in [4.78, 5) is 14.9. The van der Waals surface area contributed by atoms with Crippen LogP contribution in [-0.2, 0) is 11.3 Å². The van der Waals surface area contributed by atoms with Gasteiger partial charge in [-0.25, -0.2) is 0 Å². The Labute approximate surface area is 150 Å². The number of nitrogens with zero attached hydrogens (tertiary/aromatic N) is 1. The number of rotatable bonds is 5. The summed E-state index contributed by atoms with van der Waals surface area (Å²) >= 11 is 0. The van der Waals surface area contributed by atoms with E-state index in [9.17, 15) is 4.79 Å². The van der Waals surface area contributed by atoms with Crippen molar-refractivity contribution in [3.63, 3.8) is 0 Å². The average Bonchev–Trinajstić information content (AvgIpc) is 3.01. The van der Waals surface area contributed by atoms with Crippen molar-refractivity contribution in [3.05, 3.63) is 35.4 Å². The predicted octanol–water partition coefficient (Wildman–Crippen LogP) is 2.15. The number of hydrogen-bond donors (Lipinski definition) is 2. The van der Waals surface area contributed by atoms with Gasteiger partial charge in [0.05, 0.1) is 12.2 Å². The highest BCUT2D eigenvalue weighted by Crippen LogP contribution is 2.25. The number of carbonyl (C=O) groups excluding carboxylic acids is 1. The second-order valence-corrected chi connectivity index (χ2v) is 7.65. The van der Waals surface area contributed by atoms with Crippen molar-refractivity contribution in [2.75, 3.05) is 19.6 Å². The van der Waals surface area contributed by atoms with Crippen LogP contribution in [-0.4, -0.2) is 48.7 Å². The van der Waals surface area contributed by atoms with E-state index < -0.39 is 0 Å². The van der Waals surface area contributed by atoms with Crippen molar-refractivity contribution in [3.8, 4) is 0 Å². The summed E-state index contributed by atoms with van der Waals surface area (Å²) in [6, 6.07) is 8.23. The number of hydrogen-bond acceptors (Lipinski definition) is 4. The molecule has 1 aromatic carbocycles. The van der Waals surface area contributed by atoms with Gasteiger partial charge in [-0.05, 0) is 56.8 Å². The molecule has 2 fully saturated rings. The Morgan fingerprint density at radius 2 is 1.88 bits per heavy atom. The smallest absolute Gasteiger partial charge is 0.251 e. The molecule has 1 aromatic rings. The van der Waals surface area contributed by atoms with Gasteiger partial charge in [-0.1, -0.05) is 18.6 Å². The van der Waals surface area contributed by atoms with Crippen molar-refractivity contribution < 1.29 is 9.53 Å². The van der Waals surface area contributed by atoms with Crippen LogP contribution >= 0.6 is 0 Å². The molecule has 1 aliphatic heterocycles. The molecule has 1 aliphatic carbocycles. The Balaban J connectivity index is 1.55. The number of ether oxygens (including phenoxy) is 1. The Morgan fingerprint density at radius 1 is 1.20 bits per heavy atom. The molecule has 5 heteroatoms. The van der Waals surface area contributed by atoms with Crippen LogP contribution in [0.4, 0.5) is 0 Å². The molecule has 0 radical (unpaired) electrons. The second-order valence-electron chi connectivity index (χ2n) is 7.65. The van der Waals surface area contributed by atoms with E-state index in [1.807, 2.05) is 12.1 Å². The molecule has 0 bridgehead atoms. The summed E-state index contributed by atoms with van der Waals surface area (Å²) in [6.45, 7) is 7.70. The van der Waals surface area contributed by atoms with E-state index in [1.54, 1.807) is 0 Å². The van der Waals surface area contributed by atoms with Gasteiger partial charge in [0.25, 0.3) is 5.91 Å². The van der Waals surface area contributed by atoms with Crippen molar-refractivity contribution >= 4 is 5.91 Å². The zero-order chi connectivity index (χ0) is 17.8. The number of nitrogens with one attached hydrogen (secondary N) is 1. The van der Waals surface area contributed by atoms with E-state index >= 15 is 0 Å². The molecule has 1 heterocycles. The third-order valence-corrected chi connectivity index (χ3v) is 5.40. The lowest BCUT2D eigenvalue weighted by Crippen LogP contribution is -2.44. The lowest BCUT2D eigenvalue weighted by atomic mass is 10.0. The SMILES string of the molecule is CC1CN(Cc2ccc(C(=O)NC3CCCC3CN)cc2)CC(C)O1. The molecule has 3 rings (SSSR count). The first-order valence-corrected chi connectivity index (χ1v) is 9.53. The van der Waals surface area contributed by atoms with Crippen molar-refractivity contribution in [2.45, 2.75) is 57.9 Å². The van der Waals surface area contributed by atoms with Crippen molar-refractivity contribution in [1.29, 1.82) is 0 Å². The summed E-state index contributed by atoms with van der Waals surface area (Å²) in [5.74, 6) is 0.444. The lowest BCUT2D eigenvalue weighted by Gasteiger charge is -2.35. The Kier molecular flexibility index (Phi) is 6.10. The first-order valence-electron chi connectivity index (χ1n) is 9.53. The average molecular weight is 345 g/mol. The van der Waals surface area contributed by atoms with E-state index in [0.717, 1.165) is 44.5 Å². The zero-order valence-corrected chi connectivity index (χ0v) is 15.4. The number of morpholine rings is 1. The predicted molar refractivity (Wildman–Crippen MR) is 99.4 cm³/mol. The normalized spacial score (nSPS) is 30.4. The fraction of sp³-hybridized carbons (Fsp3) is 0.650. The van der Waals surface area contributed by atoms with Crippen LogP contribution in [0.15, 0.2) is 24.3 Å². The number of carbonyl (C=O) groups is 1. The highest BCUT2D eigenvalue weighted by molar-refractivity contribution is 5.94. The van der Waals surface area contributed by atoms with Crippen LogP contribution in [0.1, 0.15) is 49.0 Å². The molecule has 0 aromatic heterocycles. The highest BCUT2D eigenvalue weighted by atomic mass is 16.5. The molecule has 1 saturated carbocycles. The van der Waals surface area contributed by atoms with Gasteiger partial charge >= 0.3 is 0 Å². The topological polar surface area (TPSA) is 67.6 Å². The molecule has 2 aliphatic rings. The molecule has 1 amide bonds. The van der Waals surface area contributed by atoms with Gasteiger partial charge in [0, 0.05) is 31.2 Å². The van der Waals surface area contributed by atoms with Crippen LogP contribution in [0.5, 0.6) is 0 Å². The highest BCUT2D eigenvalue weighted by Gasteiger charge is 2.27. The third kappa shape index (κ3) is 4.81. The molecule has 0 spiro atoms. The molecule has 4 atom stereocenters. The van der Waals surface area contributed by atoms with Crippen LogP contribution < -0.4 is 11.1 Å². The molecular weight excluding hydrogens is 314 g/mol. The van der Waals surface area contributed by atoms with Crippen LogP contribution in [0.25, 0.3) is 0 Å². The van der Waals surface area contributed by atoms with Gasteiger partial charge in [0.2, 0.25) is 0 Å². The summed E-state index contributed by atoms with van der Waals surface area (Å²) < 4.78 is 5.78. The maximum absolute atomic E-state index is 12.5. The minimum atomic E-state index is 0.0190. The first-order chi connectivity index (χ1) is 12.0. The van der Waals surface area contributed by atoms with E-state index in [1.165, 1.54) is 5.56 Å². The second kappa shape index (κ2) is 8.30. The van der Waals surface area contributed by atoms with Gasteiger partial charge < -0.3 is 15.8 Å². The Bertz CT molecular complexity index is 565. The molecule has 1 saturated heterocycles. The summed E-state index contributed by atoms with van der Waals surface area (Å²) in [5, 5.41) is 3.16. The first kappa shape index (κ1) is 18.4. The fourth-order valence-corrected chi connectivity index (χ4v) is 4.19. The van der Waals surface area contributed by atoms with Gasteiger partial charge in [-0.3, -0.25) is 9.69 Å². The van der Waals surface area contributed by atoms with Gasteiger partial charge in [0.1, 0.15) is 0 Å². The van der Waals surface area contributed by atoms with Crippen LogP contribution in [0.3, 0.4) is 0 Å². The quantitative estimate of drug-likeness (QED) is 0.858. The van der Waals surface area contributed by atoms with Gasteiger partial charge in [-0.15, -0.1) is 0 Å². The lowest BCUT2D eigenvalue weighted by molar-refractivity contribution is -0.0704. The summed E-state index contributed by atoms with van der Waals surface area (Å²) in [7, 11) is 0. The number of benzene rings is 1. The number of nitrogens with two attached hydrogens (primary N) is 1. The molecule has 138 valence electrons. The minimum absolute atomic E-state index is 0.0190. The van der Waals surface area contributed by atoms with E-state index in [0.29, 0.717) is 12.5 Å². The van der Waals surface area contributed by atoms with Crippen LogP contribution in [0, 0.1) is 5.92 Å². The Morgan fingerprint density at radius 3 is 2.52 bits per heavy atom. The van der Waals surface area contributed by atoms with Gasteiger partial charge in [-0.2, -0.15) is 0 Å².